The van der Waals surface area contributed by atoms with Crippen LogP contribution in [0.5, 0.6) is 0 Å². The van der Waals surface area contributed by atoms with Crippen molar-refractivity contribution in [1.29, 1.82) is 5.26 Å². The molecule has 0 bridgehead atoms. The zero-order valence-electron chi connectivity index (χ0n) is 13.8. The predicted molar refractivity (Wildman–Crippen MR) is 99.5 cm³/mol. The quantitative estimate of drug-likeness (QED) is 0.759. The van der Waals surface area contributed by atoms with E-state index in [1.807, 2.05) is 42.6 Å². The van der Waals surface area contributed by atoms with Gasteiger partial charge in [0.15, 0.2) is 0 Å². The molecule has 0 unspecified atom stereocenters. The largest absolute Gasteiger partial charge is 0.352 e. The van der Waals surface area contributed by atoms with Crippen LogP contribution in [0.15, 0.2) is 53.9 Å². The zero-order chi connectivity index (χ0) is 17.6. The number of aryl methyl sites for hydroxylation is 1. The Morgan fingerprint density at radius 2 is 2.04 bits per heavy atom. The van der Waals surface area contributed by atoms with Crippen LogP contribution in [0, 0.1) is 18.3 Å². The molecule has 1 heterocycles. The highest BCUT2D eigenvalue weighted by molar-refractivity contribution is 7.13. The molecule has 5 heteroatoms. The van der Waals surface area contributed by atoms with Crippen molar-refractivity contribution in [2.45, 2.75) is 13.3 Å². The second kappa shape index (κ2) is 7.73. The molecular formula is C20H17N3OS. The Bertz CT molecular complexity index is 926. The number of amides is 1. The molecule has 4 nitrogen and oxygen atoms in total. The fourth-order valence-corrected chi connectivity index (χ4v) is 3.33. The van der Waals surface area contributed by atoms with Crippen molar-refractivity contribution >= 4 is 17.2 Å². The van der Waals surface area contributed by atoms with Gasteiger partial charge in [-0.15, -0.1) is 11.3 Å². The van der Waals surface area contributed by atoms with Crippen molar-refractivity contribution in [2.75, 3.05) is 6.54 Å². The van der Waals surface area contributed by atoms with Crippen molar-refractivity contribution < 1.29 is 4.79 Å². The molecular weight excluding hydrogens is 330 g/mol. The number of carbonyl (C=O) groups is 1. The summed E-state index contributed by atoms with van der Waals surface area (Å²) in [6.07, 6.45) is 0.673. The molecule has 0 fully saturated rings. The smallest absolute Gasteiger partial charge is 0.251 e. The first-order chi connectivity index (χ1) is 12.2. The van der Waals surface area contributed by atoms with Crippen molar-refractivity contribution in [1.82, 2.24) is 10.3 Å². The summed E-state index contributed by atoms with van der Waals surface area (Å²) in [5.74, 6) is -0.159. The highest BCUT2D eigenvalue weighted by atomic mass is 32.1. The van der Waals surface area contributed by atoms with Crippen LogP contribution in [0.1, 0.15) is 27.2 Å². The van der Waals surface area contributed by atoms with Gasteiger partial charge in [-0.25, -0.2) is 4.98 Å². The van der Waals surface area contributed by atoms with Crippen molar-refractivity contribution in [3.63, 3.8) is 0 Å². The van der Waals surface area contributed by atoms with E-state index >= 15 is 0 Å². The number of thiazole rings is 1. The maximum Gasteiger partial charge on any atom is 0.251 e. The van der Waals surface area contributed by atoms with Gasteiger partial charge in [-0.3, -0.25) is 4.79 Å². The Morgan fingerprint density at radius 3 is 2.80 bits per heavy atom. The molecule has 0 aliphatic heterocycles. The number of nitriles is 1. The molecule has 0 atom stereocenters. The highest BCUT2D eigenvalue weighted by Gasteiger charge is 2.10. The van der Waals surface area contributed by atoms with Crippen LogP contribution in [0.25, 0.3) is 10.6 Å². The summed E-state index contributed by atoms with van der Waals surface area (Å²) in [4.78, 5) is 16.9. The van der Waals surface area contributed by atoms with Gasteiger partial charge in [0.05, 0.1) is 17.3 Å². The summed E-state index contributed by atoms with van der Waals surface area (Å²) < 4.78 is 0. The lowest BCUT2D eigenvalue weighted by molar-refractivity contribution is 0.0953. The molecule has 124 valence electrons. The second-order valence-electron chi connectivity index (χ2n) is 5.66. The van der Waals surface area contributed by atoms with Crippen LogP contribution in [0.4, 0.5) is 0 Å². The second-order valence-corrected chi connectivity index (χ2v) is 6.52. The lowest BCUT2D eigenvalue weighted by Gasteiger charge is -2.07. The highest BCUT2D eigenvalue weighted by Crippen LogP contribution is 2.23. The standard InChI is InChI=1S/C20H17N3OS/c1-14-7-8-15(12-21)11-18(14)19(24)22-10-9-17-13-25-20(23-17)16-5-3-2-4-6-16/h2-8,11,13H,9-10H2,1H3,(H,22,24). The lowest BCUT2D eigenvalue weighted by Crippen LogP contribution is -2.26. The minimum absolute atomic E-state index is 0.159. The number of nitrogens with one attached hydrogen (secondary N) is 1. The Kier molecular flexibility index (Phi) is 5.22. The topological polar surface area (TPSA) is 65.8 Å². The van der Waals surface area contributed by atoms with Gasteiger partial charge in [0.1, 0.15) is 5.01 Å². The van der Waals surface area contributed by atoms with Gasteiger partial charge in [0, 0.05) is 29.5 Å². The van der Waals surface area contributed by atoms with Gasteiger partial charge in [0.25, 0.3) is 5.91 Å². The Balaban J connectivity index is 1.59. The van der Waals surface area contributed by atoms with Crippen LogP contribution in [-0.2, 0) is 6.42 Å². The molecule has 0 spiro atoms. The summed E-state index contributed by atoms with van der Waals surface area (Å²) in [5, 5.41) is 14.9. The molecule has 1 aromatic heterocycles. The molecule has 3 aromatic rings. The molecule has 25 heavy (non-hydrogen) atoms. The van der Waals surface area contributed by atoms with E-state index in [1.54, 1.807) is 29.5 Å². The third-order valence-electron chi connectivity index (χ3n) is 3.85. The molecule has 0 radical (unpaired) electrons. The first-order valence-corrected chi connectivity index (χ1v) is 8.84. The van der Waals surface area contributed by atoms with E-state index in [0.717, 1.165) is 21.8 Å². The van der Waals surface area contributed by atoms with E-state index in [1.165, 1.54) is 0 Å². The van der Waals surface area contributed by atoms with E-state index in [9.17, 15) is 4.79 Å². The molecule has 1 amide bonds. The van der Waals surface area contributed by atoms with Crippen LogP contribution in [-0.4, -0.2) is 17.4 Å². The minimum Gasteiger partial charge on any atom is -0.352 e. The maximum atomic E-state index is 12.3. The molecule has 0 aliphatic carbocycles. The number of hydrogen-bond acceptors (Lipinski definition) is 4. The van der Waals surface area contributed by atoms with Gasteiger partial charge in [-0.05, 0) is 24.6 Å². The van der Waals surface area contributed by atoms with Gasteiger partial charge in [-0.1, -0.05) is 36.4 Å². The normalized spacial score (nSPS) is 10.2. The summed E-state index contributed by atoms with van der Waals surface area (Å²) in [7, 11) is 0. The summed E-state index contributed by atoms with van der Waals surface area (Å²) in [6.45, 7) is 2.37. The summed E-state index contributed by atoms with van der Waals surface area (Å²) in [5.41, 5.74) is 3.96. The SMILES string of the molecule is Cc1ccc(C#N)cc1C(=O)NCCc1csc(-c2ccccc2)n1. The van der Waals surface area contributed by atoms with E-state index in [4.69, 9.17) is 5.26 Å². The Labute approximate surface area is 150 Å². The number of aromatic nitrogens is 1. The first kappa shape index (κ1) is 16.9. The number of nitrogens with zero attached hydrogens (tertiary/aromatic N) is 2. The van der Waals surface area contributed by atoms with Crippen molar-refractivity contribution in [3.05, 3.63) is 76.3 Å². The summed E-state index contributed by atoms with van der Waals surface area (Å²) >= 11 is 1.61. The van der Waals surface area contributed by atoms with Gasteiger partial charge in [0.2, 0.25) is 0 Å². The van der Waals surface area contributed by atoms with E-state index in [0.29, 0.717) is 24.1 Å². The third-order valence-corrected chi connectivity index (χ3v) is 4.79. The van der Waals surface area contributed by atoms with E-state index < -0.39 is 0 Å². The average molecular weight is 347 g/mol. The minimum atomic E-state index is -0.159. The maximum absolute atomic E-state index is 12.3. The van der Waals surface area contributed by atoms with Crippen LogP contribution < -0.4 is 5.32 Å². The van der Waals surface area contributed by atoms with Gasteiger partial charge in [-0.2, -0.15) is 5.26 Å². The Hall–Kier alpha value is -2.97. The van der Waals surface area contributed by atoms with Crippen molar-refractivity contribution in [2.24, 2.45) is 0 Å². The van der Waals surface area contributed by atoms with Gasteiger partial charge >= 0.3 is 0 Å². The van der Waals surface area contributed by atoms with Crippen LogP contribution in [0.2, 0.25) is 0 Å². The molecule has 0 aliphatic rings. The zero-order valence-corrected chi connectivity index (χ0v) is 14.6. The van der Waals surface area contributed by atoms with E-state index in [2.05, 4.69) is 16.4 Å². The number of benzene rings is 2. The Morgan fingerprint density at radius 1 is 1.24 bits per heavy atom. The van der Waals surface area contributed by atoms with Crippen LogP contribution in [0.3, 0.4) is 0 Å². The number of hydrogen-bond donors (Lipinski definition) is 1. The lowest BCUT2D eigenvalue weighted by atomic mass is 10.0. The molecule has 0 saturated heterocycles. The predicted octanol–water partition coefficient (Wildman–Crippen LogP) is 3.96. The fraction of sp³-hybridized carbons (Fsp3) is 0.150. The third kappa shape index (κ3) is 4.11. The molecule has 0 saturated carbocycles. The summed E-state index contributed by atoms with van der Waals surface area (Å²) in [6, 6.07) is 17.2. The molecule has 3 rings (SSSR count). The fourth-order valence-electron chi connectivity index (χ4n) is 2.47. The van der Waals surface area contributed by atoms with Crippen LogP contribution >= 0.6 is 11.3 Å². The number of carbonyl (C=O) groups excluding carboxylic acids is 1. The molecule has 1 N–H and O–H groups in total. The monoisotopic (exact) mass is 347 g/mol. The molecule has 2 aromatic carbocycles. The van der Waals surface area contributed by atoms with Gasteiger partial charge < -0.3 is 5.32 Å². The first-order valence-electron chi connectivity index (χ1n) is 7.96. The van der Waals surface area contributed by atoms with E-state index in [-0.39, 0.29) is 5.91 Å². The average Bonchev–Trinajstić information content (AvgIpc) is 3.11. The number of rotatable bonds is 5. The van der Waals surface area contributed by atoms with Crippen molar-refractivity contribution in [3.8, 4) is 16.6 Å².